The van der Waals surface area contributed by atoms with Crippen molar-refractivity contribution in [2.24, 2.45) is 0 Å². The molecule has 3 heterocycles. The molecule has 4 rings (SSSR count). The summed E-state index contributed by atoms with van der Waals surface area (Å²) in [5, 5.41) is 4.28. The van der Waals surface area contributed by atoms with E-state index in [0.29, 0.717) is 17.4 Å². The van der Waals surface area contributed by atoms with E-state index in [0.717, 1.165) is 50.3 Å². The average molecular weight is 510 g/mol. The number of imidazole rings is 1. The zero-order chi connectivity index (χ0) is 19.7. The predicted molar refractivity (Wildman–Crippen MR) is 117 cm³/mol. The molecule has 8 nitrogen and oxygen atoms in total. The lowest BCUT2D eigenvalue weighted by molar-refractivity contribution is 0.174. The smallest absolute Gasteiger partial charge is 0.231 e. The van der Waals surface area contributed by atoms with Gasteiger partial charge in [-0.3, -0.25) is 0 Å². The molecule has 0 unspecified atom stereocenters. The fourth-order valence-corrected chi connectivity index (χ4v) is 4.63. The van der Waals surface area contributed by atoms with E-state index in [9.17, 15) is 0 Å². The quantitative estimate of drug-likeness (QED) is 0.369. The number of rotatable bonds is 7. The van der Waals surface area contributed by atoms with Crippen LogP contribution in [0.5, 0.6) is 11.5 Å². The molecule has 0 saturated carbocycles. The van der Waals surface area contributed by atoms with Gasteiger partial charge < -0.3 is 25.1 Å². The number of benzene rings is 1. The number of nitrogens with two attached hydrogens (primary N) is 1. The van der Waals surface area contributed by atoms with Gasteiger partial charge in [0, 0.05) is 21.1 Å². The first-order valence-corrected chi connectivity index (χ1v) is 10.9. The zero-order valence-electron chi connectivity index (χ0n) is 15.6. The van der Waals surface area contributed by atoms with Crippen LogP contribution in [0.2, 0.25) is 0 Å². The maximum Gasteiger partial charge on any atom is 0.231 e. The van der Waals surface area contributed by atoms with Gasteiger partial charge in [0.2, 0.25) is 6.79 Å². The van der Waals surface area contributed by atoms with Crippen molar-refractivity contribution in [3.63, 3.8) is 0 Å². The number of hydrogen-bond donors (Lipinski definition) is 2. The van der Waals surface area contributed by atoms with Gasteiger partial charge in [0.1, 0.15) is 6.33 Å². The molecule has 1 aliphatic rings. The topological polar surface area (TPSA) is 100 Å². The molecule has 28 heavy (non-hydrogen) atoms. The standard InChI is InChI=1S/C18H21IN6O2S/c1-10(2)21-4-3-5-25-17-15(16(20)22-8-23-17)24-18(25)28-14-7-13-12(6-11(14)19)26-9-27-13/h6-8,10,21H,3-5,9H2,1-2H3,(H2,20,22,23)/i26-1,27-1. The van der Waals surface area contributed by atoms with Gasteiger partial charge in [-0.15, -0.1) is 0 Å². The summed E-state index contributed by atoms with van der Waals surface area (Å²) in [6.45, 7) is 6.25. The van der Waals surface area contributed by atoms with Gasteiger partial charge in [0.05, 0.1) is 0 Å². The van der Waals surface area contributed by atoms with Crippen molar-refractivity contribution in [1.29, 1.82) is 0 Å². The zero-order valence-corrected chi connectivity index (χ0v) is 18.6. The van der Waals surface area contributed by atoms with E-state index in [1.165, 1.54) is 6.33 Å². The Morgan fingerprint density at radius 1 is 1.29 bits per heavy atom. The van der Waals surface area contributed by atoms with Crippen LogP contribution in [0.1, 0.15) is 20.3 Å². The number of nitrogens with one attached hydrogen (secondary N) is 1. The molecule has 0 radical (unpaired) electrons. The second-order valence-corrected chi connectivity index (χ2v) is 8.85. The van der Waals surface area contributed by atoms with Crippen molar-refractivity contribution in [2.45, 2.75) is 42.9 Å². The molecular formula is C18H21IN6O2S. The Balaban J connectivity index is 1.66. The molecule has 3 aromatic rings. The summed E-state index contributed by atoms with van der Waals surface area (Å²) < 4.78 is 14.2. The van der Waals surface area contributed by atoms with Crippen LogP contribution >= 0.6 is 34.4 Å². The monoisotopic (exact) mass is 510 g/mol. The maximum absolute atomic E-state index is 6.04. The highest BCUT2D eigenvalue weighted by molar-refractivity contribution is 14.1. The average Bonchev–Trinajstić information content (AvgIpc) is 3.24. The molecule has 0 amide bonds. The Morgan fingerprint density at radius 2 is 2.07 bits per heavy atom. The summed E-state index contributed by atoms with van der Waals surface area (Å²) >= 11 is 3.87. The number of hydrogen-bond acceptors (Lipinski definition) is 8. The molecule has 1 aromatic carbocycles. The predicted octanol–water partition coefficient (Wildman–Crippen LogP) is 3.28. The van der Waals surface area contributed by atoms with Gasteiger partial charge >= 0.3 is 0 Å². The Hall–Kier alpha value is -1.79. The van der Waals surface area contributed by atoms with E-state index in [4.69, 9.17) is 20.2 Å². The summed E-state index contributed by atoms with van der Waals surface area (Å²) in [6.07, 6.45) is 2.44. The van der Waals surface area contributed by atoms with E-state index < -0.39 is 0 Å². The van der Waals surface area contributed by atoms with E-state index >= 15 is 0 Å². The normalized spacial score (nSPS) is 13.0. The fourth-order valence-electron chi connectivity index (χ4n) is 2.92. The third kappa shape index (κ3) is 3.98. The molecule has 0 fully saturated rings. The lowest BCUT2D eigenvalue weighted by Crippen LogP contribution is -2.24. The van der Waals surface area contributed by atoms with E-state index in [-0.39, 0.29) is 6.79 Å². The van der Waals surface area contributed by atoms with Crippen LogP contribution in [0.25, 0.3) is 11.2 Å². The third-order valence-corrected chi connectivity index (χ3v) is 6.58. The third-order valence-electron chi connectivity index (χ3n) is 4.26. The van der Waals surface area contributed by atoms with E-state index in [1.807, 2.05) is 12.1 Å². The number of halogens is 1. The second kappa shape index (κ2) is 8.29. The van der Waals surface area contributed by atoms with Crippen LogP contribution < -0.4 is 20.5 Å². The van der Waals surface area contributed by atoms with Crippen molar-refractivity contribution in [1.82, 2.24) is 24.8 Å². The van der Waals surface area contributed by atoms with Gasteiger partial charge in [-0.1, -0.05) is 25.6 Å². The van der Waals surface area contributed by atoms with Crippen molar-refractivity contribution in [3.8, 4) is 11.5 Å². The molecule has 10 heteroatoms. The van der Waals surface area contributed by atoms with Crippen LogP contribution in [0.3, 0.4) is 0 Å². The van der Waals surface area contributed by atoms with Crippen molar-refractivity contribution in [3.05, 3.63) is 22.0 Å². The molecule has 0 bridgehead atoms. The van der Waals surface area contributed by atoms with Gasteiger partial charge in [-0.25, -0.2) is 15.0 Å². The molecule has 0 atom stereocenters. The highest BCUT2D eigenvalue weighted by Crippen LogP contribution is 2.41. The molecule has 0 spiro atoms. The summed E-state index contributed by atoms with van der Waals surface area (Å²) in [5.74, 6) is 1.93. The maximum atomic E-state index is 6.04. The Kier molecular flexibility index (Phi) is 5.78. The minimum atomic E-state index is 0.257. The first kappa shape index (κ1) is 19.5. The molecule has 0 saturated heterocycles. The molecule has 148 valence electrons. The summed E-state index contributed by atoms with van der Waals surface area (Å²) in [6, 6.07) is 4.44. The van der Waals surface area contributed by atoms with Gasteiger partial charge in [0.25, 0.3) is 0 Å². The molecule has 0 aliphatic carbocycles. The van der Waals surface area contributed by atoms with E-state index in [1.54, 1.807) is 11.8 Å². The Bertz CT molecular complexity index is 1010. The highest BCUT2D eigenvalue weighted by atomic mass is 127. The second-order valence-electron chi connectivity index (χ2n) is 6.68. The van der Waals surface area contributed by atoms with Crippen molar-refractivity contribution < 1.29 is 9.47 Å². The molecule has 2 aromatic heterocycles. The number of anilines is 1. The number of nitrogens with zero attached hydrogens (tertiary/aromatic N) is 4. The molecule has 3 N–H and O–H groups in total. The van der Waals surface area contributed by atoms with Crippen molar-refractivity contribution in [2.75, 3.05) is 19.1 Å². The van der Waals surface area contributed by atoms with E-state index in [2.05, 4.69) is 56.3 Å². The number of aryl methyl sites for hydroxylation is 1. The lowest BCUT2D eigenvalue weighted by Gasteiger charge is -2.11. The number of nitrogen functional groups attached to an aromatic ring is 1. The SMILES string of the molecule is CC(C)NCCCn1c(Sc2cc3c(cc2I)[15O]C[15O]3)nc2c(N)ncnc21. The van der Waals surface area contributed by atoms with Crippen LogP contribution in [-0.2, 0) is 6.54 Å². The van der Waals surface area contributed by atoms with Crippen LogP contribution in [0.4, 0.5) is 5.82 Å². The van der Waals surface area contributed by atoms with Crippen molar-refractivity contribution >= 4 is 51.3 Å². The summed E-state index contributed by atoms with van der Waals surface area (Å²) in [5.41, 5.74) is 7.44. The number of fused-ring (bicyclic) bond motifs is 2. The number of ether oxygens (including phenoxy) is 2. The van der Waals surface area contributed by atoms with Gasteiger partial charge in [0.15, 0.2) is 33.6 Å². The lowest BCUT2D eigenvalue weighted by atomic mass is 10.3. The Morgan fingerprint density at radius 3 is 2.86 bits per heavy atom. The minimum Gasteiger partial charge on any atom is -0.454 e. The molecule has 1 aliphatic heterocycles. The van der Waals surface area contributed by atoms with Crippen LogP contribution in [-0.4, -0.2) is 38.9 Å². The first-order valence-electron chi connectivity index (χ1n) is 9.00. The highest BCUT2D eigenvalue weighted by Gasteiger charge is 2.20. The fraction of sp³-hybridized carbons (Fsp3) is 0.389. The number of aromatic nitrogens is 4. The summed E-state index contributed by atoms with van der Waals surface area (Å²) in [7, 11) is 0. The van der Waals surface area contributed by atoms with Crippen LogP contribution in [0, 0.1) is 3.57 Å². The van der Waals surface area contributed by atoms with Gasteiger partial charge in [-0.05, 0) is 47.7 Å². The Labute approximate surface area is 180 Å². The van der Waals surface area contributed by atoms with Gasteiger partial charge in [-0.2, -0.15) is 0 Å². The minimum absolute atomic E-state index is 0.257. The summed E-state index contributed by atoms with van der Waals surface area (Å²) in [4.78, 5) is 14.3. The first-order chi connectivity index (χ1) is 13.5. The van der Waals surface area contributed by atoms with Crippen LogP contribution in [0.15, 0.2) is 28.5 Å². The largest absolute Gasteiger partial charge is 0.454 e. The molecular weight excluding hydrogens is 489 g/mol.